The molecule has 1 heterocycles. The molecule has 30 heavy (non-hydrogen) atoms. The number of benzene rings is 1. The van der Waals surface area contributed by atoms with E-state index in [1.807, 2.05) is 18.3 Å². The number of phenols is 1. The van der Waals surface area contributed by atoms with E-state index in [-0.39, 0.29) is 11.5 Å². The molecule has 5 rings (SSSR count). The van der Waals surface area contributed by atoms with E-state index in [9.17, 15) is 9.90 Å². The van der Waals surface area contributed by atoms with Gasteiger partial charge in [-0.15, -0.1) is 0 Å². The number of ketones is 1. The van der Waals surface area contributed by atoms with Crippen LogP contribution in [-0.2, 0) is 11.2 Å². The van der Waals surface area contributed by atoms with Crippen LogP contribution in [0.4, 0.5) is 0 Å². The van der Waals surface area contributed by atoms with E-state index in [4.69, 9.17) is 4.74 Å². The Hall–Kier alpha value is -2.62. The zero-order valence-corrected chi connectivity index (χ0v) is 17.3. The van der Waals surface area contributed by atoms with E-state index in [0.717, 1.165) is 36.1 Å². The second-order valence-corrected chi connectivity index (χ2v) is 8.99. The molecule has 0 saturated heterocycles. The molecule has 0 unspecified atom stereocenters. The standard InChI is InChI=1S/C26H29NO3/c28-18-9-10-22-20-7-1-2-8-21(20)24-14-19(15-25(29)26(24)23(22)13-18)30-12-4-6-17-5-3-11-27-16-17/h3,5,11,13-16,20-22,29H,1-2,4,6-10,12H2/t20-,21-,22+/m1/s1. The van der Waals surface area contributed by atoms with Crippen molar-refractivity contribution in [3.05, 3.63) is 59.4 Å². The fourth-order valence-electron chi connectivity index (χ4n) is 5.86. The fraction of sp³-hybridized carbons (Fsp3) is 0.462. The van der Waals surface area contributed by atoms with Crippen molar-refractivity contribution in [3.63, 3.8) is 0 Å². The summed E-state index contributed by atoms with van der Waals surface area (Å²) in [5.74, 6) is 2.67. The molecule has 2 aromatic rings. The summed E-state index contributed by atoms with van der Waals surface area (Å²) in [4.78, 5) is 16.3. The van der Waals surface area contributed by atoms with Crippen molar-refractivity contribution >= 4 is 11.4 Å². The predicted octanol–water partition coefficient (Wildman–Crippen LogP) is 5.45. The molecule has 0 amide bonds. The molecule has 1 N–H and O–H groups in total. The summed E-state index contributed by atoms with van der Waals surface area (Å²) >= 11 is 0. The first-order valence-corrected chi connectivity index (χ1v) is 11.3. The Morgan fingerprint density at radius 2 is 2.03 bits per heavy atom. The highest BCUT2D eigenvalue weighted by Gasteiger charge is 2.43. The normalized spacial score (nSPS) is 25.0. The topological polar surface area (TPSA) is 59.4 Å². The lowest BCUT2D eigenvalue weighted by Crippen LogP contribution is -2.33. The molecule has 1 saturated carbocycles. The Balaban J connectivity index is 1.39. The first-order valence-electron chi connectivity index (χ1n) is 11.3. The summed E-state index contributed by atoms with van der Waals surface area (Å²) in [6.45, 7) is 0.602. The smallest absolute Gasteiger partial charge is 0.156 e. The molecule has 156 valence electrons. The molecule has 4 nitrogen and oxygen atoms in total. The van der Waals surface area contributed by atoms with Gasteiger partial charge >= 0.3 is 0 Å². The van der Waals surface area contributed by atoms with Gasteiger partial charge in [0, 0.05) is 30.4 Å². The lowest BCUT2D eigenvalue weighted by atomic mass is 9.59. The minimum Gasteiger partial charge on any atom is -0.507 e. The summed E-state index contributed by atoms with van der Waals surface area (Å²) in [6, 6.07) is 7.91. The van der Waals surface area contributed by atoms with Crippen LogP contribution in [0.25, 0.3) is 5.57 Å². The fourth-order valence-corrected chi connectivity index (χ4v) is 5.86. The van der Waals surface area contributed by atoms with Crippen molar-refractivity contribution in [1.82, 2.24) is 4.98 Å². The highest BCUT2D eigenvalue weighted by molar-refractivity contribution is 6.00. The van der Waals surface area contributed by atoms with Crippen LogP contribution >= 0.6 is 0 Å². The monoisotopic (exact) mass is 403 g/mol. The number of hydrogen-bond acceptors (Lipinski definition) is 4. The maximum absolute atomic E-state index is 12.2. The van der Waals surface area contributed by atoms with Gasteiger partial charge in [-0.3, -0.25) is 9.78 Å². The van der Waals surface area contributed by atoms with E-state index in [1.165, 1.54) is 36.8 Å². The van der Waals surface area contributed by atoms with Crippen molar-refractivity contribution in [2.75, 3.05) is 6.61 Å². The number of aromatic nitrogens is 1. The van der Waals surface area contributed by atoms with E-state index < -0.39 is 0 Å². The first-order chi connectivity index (χ1) is 14.7. The number of ether oxygens (including phenoxy) is 1. The van der Waals surface area contributed by atoms with Crippen molar-refractivity contribution in [2.24, 2.45) is 11.8 Å². The Kier molecular flexibility index (Phi) is 5.32. The third-order valence-electron chi connectivity index (χ3n) is 7.16. The number of hydrogen-bond donors (Lipinski definition) is 1. The summed E-state index contributed by atoms with van der Waals surface area (Å²) in [7, 11) is 0. The predicted molar refractivity (Wildman–Crippen MR) is 117 cm³/mol. The maximum Gasteiger partial charge on any atom is 0.156 e. The number of aryl methyl sites for hydroxylation is 1. The summed E-state index contributed by atoms with van der Waals surface area (Å²) < 4.78 is 6.04. The molecule has 3 atom stereocenters. The zero-order valence-electron chi connectivity index (χ0n) is 17.3. The largest absolute Gasteiger partial charge is 0.507 e. The second-order valence-electron chi connectivity index (χ2n) is 8.99. The number of nitrogens with zero attached hydrogens (tertiary/aromatic N) is 1. The van der Waals surface area contributed by atoms with E-state index in [1.54, 1.807) is 12.3 Å². The highest BCUT2D eigenvalue weighted by Crippen LogP contribution is 2.57. The SMILES string of the molecule is O=C1C=C2c3c(O)cc(OCCCc4cccnc4)cc3[C@@H]3CCCC[C@H]3[C@@H]2CC1. The van der Waals surface area contributed by atoms with Crippen LogP contribution in [-0.4, -0.2) is 22.5 Å². The van der Waals surface area contributed by atoms with E-state index >= 15 is 0 Å². The highest BCUT2D eigenvalue weighted by atomic mass is 16.5. The Bertz CT molecular complexity index is 966. The molecule has 0 radical (unpaired) electrons. The van der Waals surface area contributed by atoms with Gasteiger partial charge in [-0.2, -0.15) is 0 Å². The van der Waals surface area contributed by atoms with Crippen molar-refractivity contribution < 1.29 is 14.6 Å². The van der Waals surface area contributed by atoms with Gasteiger partial charge in [0.1, 0.15) is 11.5 Å². The number of phenolic OH excluding ortho intramolecular Hbond substituents is 1. The van der Waals surface area contributed by atoms with Crippen LogP contribution in [0.3, 0.4) is 0 Å². The number of fused-ring (bicyclic) bond motifs is 6. The first kappa shape index (κ1) is 19.3. The van der Waals surface area contributed by atoms with Crippen LogP contribution in [0.1, 0.15) is 67.6 Å². The lowest BCUT2D eigenvalue weighted by molar-refractivity contribution is -0.115. The molecular weight excluding hydrogens is 374 g/mol. The third-order valence-corrected chi connectivity index (χ3v) is 7.16. The Morgan fingerprint density at radius 3 is 2.90 bits per heavy atom. The Labute approximate surface area is 178 Å². The number of aromatic hydroxyl groups is 1. The van der Waals surface area contributed by atoms with Crippen molar-refractivity contribution in [2.45, 2.75) is 57.3 Å². The van der Waals surface area contributed by atoms with E-state index in [2.05, 4.69) is 17.1 Å². The summed E-state index contributed by atoms with van der Waals surface area (Å²) in [5.41, 5.74) is 4.39. The molecule has 1 fully saturated rings. The van der Waals surface area contributed by atoms with Gasteiger partial charge in [-0.25, -0.2) is 0 Å². The van der Waals surface area contributed by atoms with Gasteiger partial charge in [-0.05, 0) is 84.8 Å². The number of allylic oxidation sites excluding steroid dienone is 2. The van der Waals surface area contributed by atoms with Gasteiger partial charge < -0.3 is 9.84 Å². The second kappa shape index (κ2) is 8.25. The van der Waals surface area contributed by atoms with Crippen LogP contribution in [0.2, 0.25) is 0 Å². The quantitative estimate of drug-likeness (QED) is 0.675. The lowest BCUT2D eigenvalue weighted by Gasteiger charge is -2.45. The van der Waals surface area contributed by atoms with Gasteiger partial charge in [0.2, 0.25) is 0 Å². The average Bonchev–Trinajstić information content (AvgIpc) is 2.77. The molecule has 1 aromatic carbocycles. The van der Waals surface area contributed by atoms with Gasteiger partial charge in [0.05, 0.1) is 6.61 Å². The molecular formula is C26H29NO3. The summed E-state index contributed by atoms with van der Waals surface area (Å²) in [5, 5.41) is 10.9. The molecule has 3 aliphatic rings. The molecule has 0 spiro atoms. The third kappa shape index (κ3) is 3.64. The molecule has 4 heteroatoms. The van der Waals surface area contributed by atoms with Crippen molar-refractivity contribution in [3.8, 4) is 11.5 Å². The van der Waals surface area contributed by atoms with Gasteiger partial charge in [-0.1, -0.05) is 18.9 Å². The van der Waals surface area contributed by atoms with Crippen LogP contribution in [0.15, 0.2) is 42.7 Å². The molecule has 1 aromatic heterocycles. The number of pyridine rings is 1. The maximum atomic E-state index is 12.2. The minimum atomic E-state index is 0.191. The van der Waals surface area contributed by atoms with Crippen LogP contribution < -0.4 is 4.74 Å². The number of carbonyl (C=O) groups is 1. The van der Waals surface area contributed by atoms with Gasteiger partial charge in [0.15, 0.2) is 5.78 Å². The number of carbonyl (C=O) groups excluding carboxylic acids is 1. The molecule has 3 aliphatic carbocycles. The van der Waals surface area contributed by atoms with Crippen molar-refractivity contribution in [1.29, 1.82) is 0 Å². The zero-order chi connectivity index (χ0) is 20.5. The minimum absolute atomic E-state index is 0.191. The van der Waals surface area contributed by atoms with E-state index in [0.29, 0.717) is 30.8 Å². The molecule has 0 aliphatic heterocycles. The molecule has 0 bridgehead atoms. The van der Waals surface area contributed by atoms with Crippen LogP contribution in [0.5, 0.6) is 11.5 Å². The average molecular weight is 404 g/mol. The van der Waals surface area contributed by atoms with Gasteiger partial charge in [0.25, 0.3) is 0 Å². The number of rotatable bonds is 5. The Morgan fingerprint density at radius 1 is 1.13 bits per heavy atom. The van der Waals surface area contributed by atoms with Crippen LogP contribution in [0, 0.1) is 11.8 Å². The summed E-state index contributed by atoms with van der Waals surface area (Å²) in [6.07, 6.45) is 13.8.